The molecule has 1 aliphatic heterocycles. The van der Waals surface area contributed by atoms with Crippen LogP contribution in [0.1, 0.15) is 37.7 Å². The van der Waals surface area contributed by atoms with Crippen LogP contribution in [0.2, 0.25) is 10.0 Å². The Bertz CT molecular complexity index is 466. The Hall–Kier alpha value is -0.240. The second-order valence-corrected chi connectivity index (χ2v) is 7.05. The van der Waals surface area contributed by atoms with Crippen LogP contribution in [0.5, 0.6) is 0 Å². The minimum Gasteiger partial charge on any atom is -0.306 e. The number of likely N-dealkylation sites (tertiary alicyclic amines) is 1. The zero-order chi connectivity index (χ0) is 13.5. The van der Waals surface area contributed by atoms with Crippen molar-refractivity contribution in [2.75, 3.05) is 20.1 Å². The lowest BCUT2D eigenvalue weighted by Crippen LogP contribution is -2.34. The molecule has 2 fully saturated rings. The first-order valence-corrected chi connectivity index (χ1v) is 8.01. The molecule has 104 valence electrons. The molecule has 0 bridgehead atoms. The summed E-state index contributed by atoms with van der Waals surface area (Å²) in [6, 6.07) is 6.29. The Morgan fingerprint density at radius 2 is 1.89 bits per heavy atom. The first-order valence-electron chi connectivity index (χ1n) is 7.26. The predicted molar refractivity (Wildman–Crippen MR) is 82.2 cm³/mol. The highest BCUT2D eigenvalue weighted by Gasteiger charge is 2.44. The summed E-state index contributed by atoms with van der Waals surface area (Å²) in [4.78, 5) is 2.46. The summed E-state index contributed by atoms with van der Waals surface area (Å²) in [5.41, 5.74) is 1.76. The first kappa shape index (κ1) is 13.7. The number of hydrogen-bond donors (Lipinski definition) is 0. The van der Waals surface area contributed by atoms with Gasteiger partial charge < -0.3 is 4.90 Å². The number of rotatable bonds is 2. The van der Waals surface area contributed by atoms with E-state index in [4.69, 9.17) is 23.2 Å². The number of benzene rings is 1. The average Bonchev–Trinajstić information content (AvgIpc) is 3.02. The van der Waals surface area contributed by atoms with E-state index in [-0.39, 0.29) is 0 Å². The van der Waals surface area contributed by atoms with Gasteiger partial charge in [-0.1, -0.05) is 42.1 Å². The second-order valence-electron chi connectivity index (χ2n) is 6.24. The molecule has 19 heavy (non-hydrogen) atoms. The minimum atomic E-state index is 0.346. The van der Waals surface area contributed by atoms with Gasteiger partial charge >= 0.3 is 0 Å². The lowest BCUT2D eigenvalue weighted by Gasteiger charge is -2.36. The molecule has 0 N–H and O–H groups in total. The molecule has 1 saturated heterocycles. The van der Waals surface area contributed by atoms with Crippen LogP contribution < -0.4 is 0 Å². The maximum absolute atomic E-state index is 6.25. The average molecular weight is 298 g/mol. The molecular formula is C16H21Cl2N. The van der Waals surface area contributed by atoms with Crippen LogP contribution in [0.4, 0.5) is 0 Å². The van der Waals surface area contributed by atoms with Crippen molar-refractivity contribution in [1.29, 1.82) is 0 Å². The Kier molecular flexibility index (Phi) is 3.81. The third-order valence-corrected chi connectivity index (χ3v) is 5.90. The molecule has 1 aromatic carbocycles. The van der Waals surface area contributed by atoms with Crippen molar-refractivity contribution in [3.63, 3.8) is 0 Å². The van der Waals surface area contributed by atoms with E-state index in [1.165, 1.54) is 50.8 Å². The molecule has 0 radical (unpaired) electrons. The standard InChI is InChI=1S/C16H21Cl2N/c1-19-9-6-13(11-19)16(7-2-3-8-16)12-4-5-14(17)15(18)10-12/h4-5,10,13H,2-3,6-9,11H2,1H3. The highest BCUT2D eigenvalue weighted by molar-refractivity contribution is 6.42. The normalized spacial score (nSPS) is 27.0. The molecule has 3 rings (SSSR count). The van der Waals surface area contributed by atoms with E-state index in [1.54, 1.807) is 0 Å². The van der Waals surface area contributed by atoms with E-state index in [9.17, 15) is 0 Å². The molecule has 0 aromatic heterocycles. The highest BCUT2D eigenvalue weighted by Crippen LogP contribution is 2.50. The van der Waals surface area contributed by atoms with Crippen LogP contribution in [-0.4, -0.2) is 25.0 Å². The van der Waals surface area contributed by atoms with Crippen LogP contribution in [-0.2, 0) is 5.41 Å². The van der Waals surface area contributed by atoms with E-state index in [0.717, 1.165) is 5.92 Å². The number of nitrogens with zero attached hydrogens (tertiary/aromatic N) is 1. The maximum atomic E-state index is 6.25. The lowest BCUT2D eigenvalue weighted by atomic mass is 9.68. The first-order chi connectivity index (χ1) is 9.12. The SMILES string of the molecule is CN1CCC(C2(c3ccc(Cl)c(Cl)c3)CCCC2)C1. The highest BCUT2D eigenvalue weighted by atomic mass is 35.5. The van der Waals surface area contributed by atoms with Crippen LogP contribution in [0.25, 0.3) is 0 Å². The molecule has 1 saturated carbocycles. The Balaban J connectivity index is 1.97. The molecule has 1 nitrogen and oxygen atoms in total. The fourth-order valence-corrected chi connectivity index (χ4v) is 4.43. The third kappa shape index (κ3) is 2.41. The van der Waals surface area contributed by atoms with Crippen molar-refractivity contribution < 1.29 is 0 Å². The quantitative estimate of drug-likeness (QED) is 0.761. The maximum Gasteiger partial charge on any atom is 0.0595 e. The largest absolute Gasteiger partial charge is 0.306 e. The van der Waals surface area contributed by atoms with Gasteiger partial charge in [-0.3, -0.25) is 0 Å². The summed E-state index contributed by atoms with van der Waals surface area (Å²) in [5, 5.41) is 1.37. The van der Waals surface area contributed by atoms with Gasteiger partial charge in [0.25, 0.3) is 0 Å². The summed E-state index contributed by atoms with van der Waals surface area (Å²) < 4.78 is 0. The third-order valence-electron chi connectivity index (χ3n) is 5.16. The van der Waals surface area contributed by atoms with Gasteiger partial charge in [0.15, 0.2) is 0 Å². The van der Waals surface area contributed by atoms with Gasteiger partial charge in [0.05, 0.1) is 10.0 Å². The molecular weight excluding hydrogens is 277 g/mol. The van der Waals surface area contributed by atoms with Crippen LogP contribution in [0, 0.1) is 5.92 Å². The van der Waals surface area contributed by atoms with Gasteiger partial charge in [-0.2, -0.15) is 0 Å². The van der Waals surface area contributed by atoms with Crippen LogP contribution in [0.3, 0.4) is 0 Å². The monoisotopic (exact) mass is 297 g/mol. The van der Waals surface area contributed by atoms with E-state index in [0.29, 0.717) is 15.5 Å². The van der Waals surface area contributed by atoms with E-state index in [2.05, 4.69) is 24.1 Å². The van der Waals surface area contributed by atoms with Gasteiger partial charge in [-0.15, -0.1) is 0 Å². The number of halogens is 2. The van der Waals surface area contributed by atoms with Crippen molar-refractivity contribution in [2.24, 2.45) is 5.92 Å². The van der Waals surface area contributed by atoms with Crippen molar-refractivity contribution in [3.8, 4) is 0 Å². The van der Waals surface area contributed by atoms with E-state index < -0.39 is 0 Å². The fourth-order valence-electron chi connectivity index (χ4n) is 4.13. The van der Waals surface area contributed by atoms with E-state index >= 15 is 0 Å². The van der Waals surface area contributed by atoms with Crippen molar-refractivity contribution in [2.45, 2.75) is 37.5 Å². The smallest absolute Gasteiger partial charge is 0.0595 e. The molecule has 2 aliphatic rings. The molecule has 1 aromatic rings. The van der Waals surface area contributed by atoms with Gasteiger partial charge in [0.1, 0.15) is 0 Å². The summed E-state index contributed by atoms with van der Waals surface area (Å²) in [7, 11) is 2.23. The molecule has 1 unspecified atom stereocenters. The topological polar surface area (TPSA) is 3.24 Å². The lowest BCUT2D eigenvalue weighted by molar-refractivity contribution is 0.268. The summed E-state index contributed by atoms with van der Waals surface area (Å²) >= 11 is 12.3. The van der Waals surface area contributed by atoms with Crippen molar-refractivity contribution >= 4 is 23.2 Å². The molecule has 1 atom stereocenters. The summed E-state index contributed by atoms with van der Waals surface area (Å²) in [5.74, 6) is 0.775. The molecule has 0 spiro atoms. The zero-order valence-corrected chi connectivity index (χ0v) is 13.0. The molecule has 3 heteroatoms. The summed E-state index contributed by atoms with van der Waals surface area (Å²) in [6.45, 7) is 2.45. The van der Waals surface area contributed by atoms with Crippen molar-refractivity contribution in [3.05, 3.63) is 33.8 Å². The molecule has 1 heterocycles. The van der Waals surface area contributed by atoms with Gasteiger partial charge in [0.2, 0.25) is 0 Å². The Labute approximate surface area is 125 Å². The van der Waals surface area contributed by atoms with Crippen LogP contribution >= 0.6 is 23.2 Å². The van der Waals surface area contributed by atoms with E-state index in [1.807, 2.05) is 6.07 Å². The second kappa shape index (κ2) is 5.27. The molecule has 0 amide bonds. The molecule has 1 aliphatic carbocycles. The predicted octanol–water partition coefficient (Wildman–Crippen LogP) is 4.76. The van der Waals surface area contributed by atoms with Crippen LogP contribution in [0.15, 0.2) is 18.2 Å². The van der Waals surface area contributed by atoms with Crippen molar-refractivity contribution in [1.82, 2.24) is 4.90 Å². The van der Waals surface area contributed by atoms with Gasteiger partial charge in [-0.05, 0) is 61.9 Å². The number of hydrogen-bond acceptors (Lipinski definition) is 1. The van der Waals surface area contributed by atoms with Gasteiger partial charge in [-0.25, -0.2) is 0 Å². The fraction of sp³-hybridized carbons (Fsp3) is 0.625. The summed E-state index contributed by atoms with van der Waals surface area (Å²) in [6.07, 6.45) is 6.63. The van der Waals surface area contributed by atoms with Gasteiger partial charge in [0, 0.05) is 6.54 Å². The minimum absolute atomic E-state index is 0.346. The Morgan fingerprint density at radius 3 is 2.47 bits per heavy atom. The zero-order valence-electron chi connectivity index (χ0n) is 11.5. The Morgan fingerprint density at radius 1 is 1.16 bits per heavy atom.